The van der Waals surface area contributed by atoms with Crippen molar-refractivity contribution in [2.24, 2.45) is 0 Å². The summed E-state index contributed by atoms with van der Waals surface area (Å²) in [5.74, 6) is -0.174. The van der Waals surface area contributed by atoms with Crippen molar-refractivity contribution in [3.8, 4) is 0 Å². The molecule has 0 radical (unpaired) electrons. The fraction of sp³-hybridized carbons (Fsp3) is 0.133. The summed E-state index contributed by atoms with van der Waals surface area (Å²) in [4.78, 5) is 21.1. The molecular formula is C15H14N4OS. The average Bonchev–Trinajstić information content (AvgIpc) is 2.84. The number of aryl methyl sites for hydroxylation is 1. The number of nitrogens with one attached hydrogen (secondary N) is 1. The molecule has 0 fully saturated rings. The van der Waals surface area contributed by atoms with Crippen molar-refractivity contribution in [1.82, 2.24) is 15.3 Å². The molecule has 106 valence electrons. The molecule has 21 heavy (non-hydrogen) atoms. The maximum Gasteiger partial charge on any atom is 0.263 e. The zero-order valence-electron chi connectivity index (χ0n) is 11.5. The lowest BCUT2D eigenvalue weighted by molar-refractivity contribution is 0.0956. The van der Waals surface area contributed by atoms with Gasteiger partial charge in [0.2, 0.25) is 0 Å². The van der Waals surface area contributed by atoms with Gasteiger partial charge in [0.15, 0.2) is 0 Å². The number of nitrogen functional groups attached to an aromatic ring is 1. The predicted molar refractivity (Wildman–Crippen MR) is 84.2 cm³/mol. The monoisotopic (exact) mass is 298 g/mol. The maximum atomic E-state index is 12.3. The van der Waals surface area contributed by atoms with Crippen LogP contribution in [0.3, 0.4) is 0 Å². The summed E-state index contributed by atoms with van der Waals surface area (Å²) >= 11 is 1.36. The van der Waals surface area contributed by atoms with Crippen LogP contribution in [0.1, 0.15) is 20.8 Å². The molecule has 1 amide bonds. The number of hydrogen-bond donors (Lipinski definition) is 2. The van der Waals surface area contributed by atoms with E-state index in [-0.39, 0.29) is 5.91 Å². The summed E-state index contributed by atoms with van der Waals surface area (Å²) in [6.45, 7) is 2.42. The van der Waals surface area contributed by atoms with Gasteiger partial charge in [-0.25, -0.2) is 0 Å². The number of nitrogens with two attached hydrogens (primary N) is 1. The van der Waals surface area contributed by atoms with Crippen LogP contribution in [0.4, 0.5) is 5.69 Å². The molecule has 0 aliphatic carbocycles. The van der Waals surface area contributed by atoms with Gasteiger partial charge < -0.3 is 11.1 Å². The molecule has 0 saturated heterocycles. The number of fused-ring (bicyclic) bond motifs is 1. The van der Waals surface area contributed by atoms with E-state index in [1.807, 2.05) is 25.1 Å². The number of amides is 1. The highest BCUT2D eigenvalue weighted by atomic mass is 32.1. The zero-order chi connectivity index (χ0) is 14.8. The Morgan fingerprint density at radius 3 is 3.00 bits per heavy atom. The quantitative estimate of drug-likeness (QED) is 0.778. The van der Waals surface area contributed by atoms with E-state index in [0.29, 0.717) is 22.6 Å². The van der Waals surface area contributed by atoms with Crippen LogP contribution in [-0.2, 0) is 6.54 Å². The first-order chi connectivity index (χ1) is 10.2. The molecule has 3 aromatic rings. The van der Waals surface area contributed by atoms with E-state index in [9.17, 15) is 4.79 Å². The molecule has 3 N–H and O–H groups in total. The van der Waals surface area contributed by atoms with Gasteiger partial charge in [0, 0.05) is 25.1 Å². The lowest BCUT2D eigenvalue weighted by Gasteiger charge is -2.06. The van der Waals surface area contributed by atoms with E-state index in [1.165, 1.54) is 11.3 Å². The van der Waals surface area contributed by atoms with Crippen molar-refractivity contribution in [2.75, 3.05) is 5.73 Å². The third-order valence-electron chi connectivity index (χ3n) is 3.26. The zero-order valence-corrected chi connectivity index (χ0v) is 12.3. The minimum absolute atomic E-state index is 0.174. The minimum Gasteiger partial charge on any atom is -0.396 e. The number of hydrogen-bond acceptors (Lipinski definition) is 5. The smallest absolute Gasteiger partial charge is 0.263 e. The molecule has 0 spiro atoms. The van der Waals surface area contributed by atoms with Crippen LogP contribution in [0, 0.1) is 6.92 Å². The first kappa shape index (κ1) is 13.5. The molecule has 0 aliphatic rings. The first-order valence-electron chi connectivity index (χ1n) is 6.47. The van der Waals surface area contributed by atoms with Crippen LogP contribution in [0.5, 0.6) is 0 Å². The number of pyridine rings is 2. The summed E-state index contributed by atoms with van der Waals surface area (Å²) in [5, 5.41) is 2.89. The van der Waals surface area contributed by atoms with Gasteiger partial charge in [-0.15, -0.1) is 11.3 Å². The Balaban J connectivity index is 1.81. The van der Waals surface area contributed by atoms with E-state index >= 15 is 0 Å². The minimum atomic E-state index is -0.174. The number of aromatic nitrogens is 2. The molecule has 3 rings (SSSR count). The molecule has 5 nitrogen and oxygen atoms in total. The van der Waals surface area contributed by atoms with Crippen molar-refractivity contribution < 1.29 is 4.79 Å². The molecular weight excluding hydrogens is 284 g/mol. The van der Waals surface area contributed by atoms with Gasteiger partial charge in [-0.05, 0) is 36.2 Å². The van der Waals surface area contributed by atoms with Gasteiger partial charge in [0.1, 0.15) is 10.4 Å². The summed E-state index contributed by atoms with van der Waals surface area (Å²) < 4.78 is 0.917. The van der Waals surface area contributed by atoms with Crippen molar-refractivity contribution >= 4 is 33.1 Å². The van der Waals surface area contributed by atoms with Crippen molar-refractivity contribution in [2.45, 2.75) is 13.5 Å². The maximum absolute atomic E-state index is 12.3. The van der Waals surface area contributed by atoms with Crippen molar-refractivity contribution in [3.63, 3.8) is 0 Å². The molecule has 0 aromatic carbocycles. The molecule has 3 heterocycles. The summed E-state index contributed by atoms with van der Waals surface area (Å²) in [6, 6.07) is 5.64. The third-order valence-corrected chi connectivity index (χ3v) is 4.42. The Hall–Kier alpha value is -2.47. The fourth-order valence-corrected chi connectivity index (χ4v) is 3.07. The van der Waals surface area contributed by atoms with Gasteiger partial charge in [-0.3, -0.25) is 14.8 Å². The van der Waals surface area contributed by atoms with Crippen molar-refractivity contribution in [3.05, 3.63) is 52.8 Å². The Labute approximate surface area is 125 Å². The van der Waals surface area contributed by atoms with Crippen LogP contribution in [-0.4, -0.2) is 15.9 Å². The number of anilines is 1. The predicted octanol–water partition coefficient (Wildman–Crippen LogP) is 2.51. The highest BCUT2D eigenvalue weighted by Gasteiger charge is 2.16. The Kier molecular flexibility index (Phi) is 3.53. The van der Waals surface area contributed by atoms with Crippen molar-refractivity contribution in [1.29, 1.82) is 0 Å². The SMILES string of the molecule is Cc1cnccc1CNC(=O)c1sc2cccnc2c1N. The van der Waals surface area contributed by atoms with E-state index in [2.05, 4.69) is 15.3 Å². The molecule has 0 bridgehead atoms. The summed E-state index contributed by atoms with van der Waals surface area (Å²) in [5.41, 5.74) is 9.23. The van der Waals surface area contributed by atoms with Crippen LogP contribution in [0.25, 0.3) is 10.2 Å². The summed E-state index contributed by atoms with van der Waals surface area (Å²) in [6.07, 6.45) is 5.17. The second kappa shape index (κ2) is 5.49. The Morgan fingerprint density at radius 1 is 1.38 bits per heavy atom. The summed E-state index contributed by atoms with van der Waals surface area (Å²) in [7, 11) is 0. The van der Waals surface area contributed by atoms with Crippen LogP contribution in [0.2, 0.25) is 0 Å². The normalized spacial score (nSPS) is 10.7. The molecule has 3 aromatic heterocycles. The fourth-order valence-electron chi connectivity index (χ4n) is 2.07. The molecule has 0 unspecified atom stereocenters. The Bertz CT molecular complexity index is 812. The first-order valence-corrected chi connectivity index (χ1v) is 7.29. The highest BCUT2D eigenvalue weighted by molar-refractivity contribution is 7.21. The largest absolute Gasteiger partial charge is 0.396 e. The second-order valence-corrected chi connectivity index (χ2v) is 5.73. The lowest BCUT2D eigenvalue weighted by atomic mass is 10.1. The van der Waals surface area contributed by atoms with Gasteiger partial charge in [-0.1, -0.05) is 0 Å². The third kappa shape index (κ3) is 2.57. The highest BCUT2D eigenvalue weighted by Crippen LogP contribution is 2.31. The van der Waals surface area contributed by atoms with E-state index in [0.717, 1.165) is 15.8 Å². The topological polar surface area (TPSA) is 80.9 Å². The molecule has 0 atom stereocenters. The molecule has 0 saturated carbocycles. The number of carbonyl (C=O) groups excluding carboxylic acids is 1. The second-order valence-electron chi connectivity index (χ2n) is 4.68. The van der Waals surface area contributed by atoms with E-state index in [1.54, 1.807) is 18.6 Å². The van der Waals surface area contributed by atoms with Gasteiger partial charge >= 0.3 is 0 Å². The molecule has 0 aliphatic heterocycles. The number of nitrogens with zero attached hydrogens (tertiary/aromatic N) is 2. The number of rotatable bonds is 3. The molecule has 6 heteroatoms. The van der Waals surface area contributed by atoms with Crippen LogP contribution < -0.4 is 11.1 Å². The van der Waals surface area contributed by atoms with Gasteiger partial charge in [0.25, 0.3) is 5.91 Å². The average molecular weight is 298 g/mol. The van der Waals surface area contributed by atoms with Crippen LogP contribution >= 0.6 is 11.3 Å². The number of carbonyl (C=O) groups is 1. The lowest BCUT2D eigenvalue weighted by Crippen LogP contribution is -2.23. The number of thiophene rings is 1. The standard InChI is InChI=1S/C15H14N4OS/c1-9-7-17-6-4-10(9)8-19-15(20)14-12(16)13-11(21-14)3-2-5-18-13/h2-7H,8,16H2,1H3,(H,19,20). The van der Waals surface area contributed by atoms with Gasteiger partial charge in [-0.2, -0.15) is 0 Å². The van der Waals surface area contributed by atoms with E-state index in [4.69, 9.17) is 5.73 Å². The van der Waals surface area contributed by atoms with E-state index < -0.39 is 0 Å². The van der Waals surface area contributed by atoms with Gasteiger partial charge in [0.05, 0.1) is 10.4 Å². The van der Waals surface area contributed by atoms with Crippen LogP contribution in [0.15, 0.2) is 36.8 Å². The Morgan fingerprint density at radius 2 is 2.24 bits per heavy atom.